The zero-order valence-corrected chi connectivity index (χ0v) is 12.0. The molecule has 1 aromatic carbocycles. The molecule has 1 atom stereocenters. The number of fused-ring (bicyclic) bond motifs is 1. The third kappa shape index (κ3) is 2.81. The number of hydrogen-bond acceptors (Lipinski definition) is 5. The van der Waals surface area contributed by atoms with Gasteiger partial charge in [-0.3, -0.25) is 4.90 Å². The summed E-state index contributed by atoms with van der Waals surface area (Å²) in [7, 11) is 0. The highest BCUT2D eigenvalue weighted by molar-refractivity contribution is 5.72. The highest BCUT2D eigenvalue weighted by atomic mass is 16.7. The van der Waals surface area contributed by atoms with Crippen molar-refractivity contribution in [1.82, 2.24) is 9.88 Å². The zero-order chi connectivity index (χ0) is 14.1. The minimum Gasteiger partial charge on any atom is -0.439 e. The van der Waals surface area contributed by atoms with Crippen LogP contribution in [0.2, 0.25) is 0 Å². The van der Waals surface area contributed by atoms with Gasteiger partial charge in [-0.1, -0.05) is 12.1 Å². The first-order valence-electron chi connectivity index (χ1n) is 7.68. The van der Waals surface area contributed by atoms with Gasteiger partial charge in [0, 0.05) is 12.5 Å². The second kappa shape index (κ2) is 5.75. The van der Waals surface area contributed by atoms with Crippen molar-refractivity contribution in [1.29, 1.82) is 0 Å². The second-order valence-corrected chi connectivity index (χ2v) is 5.82. The fourth-order valence-corrected chi connectivity index (χ4v) is 3.28. The van der Waals surface area contributed by atoms with Gasteiger partial charge in [0.2, 0.25) is 5.89 Å². The van der Waals surface area contributed by atoms with E-state index >= 15 is 0 Å². The molecule has 0 aliphatic carbocycles. The van der Waals surface area contributed by atoms with Crippen molar-refractivity contribution in [3.05, 3.63) is 30.2 Å². The summed E-state index contributed by atoms with van der Waals surface area (Å²) in [6.45, 7) is 4.29. The average Bonchev–Trinajstić information content (AvgIpc) is 3.16. The number of piperidine rings is 1. The minimum atomic E-state index is -0.0172. The molecule has 2 aromatic rings. The van der Waals surface area contributed by atoms with Gasteiger partial charge in [-0.25, -0.2) is 4.98 Å². The summed E-state index contributed by atoms with van der Waals surface area (Å²) < 4.78 is 17.1. The number of aromatic nitrogens is 1. The van der Waals surface area contributed by atoms with Crippen LogP contribution < -0.4 is 0 Å². The number of likely N-dealkylation sites (tertiary alicyclic amines) is 1. The van der Waals surface area contributed by atoms with E-state index in [0.29, 0.717) is 5.92 Å². The number of ether oxygens (including phenoxy) is 2. The van der Waals surface area contributed by atoms with Crippen LogP contribution in [-0.4, -0.2) is 42.5 Å². The Kier molecular flexibility index (Phi) is 3.63. The van der Waals surface area contributed by atoms with Crippen LogP contribution >= 0.6 is 0 Å². The van der Waals surface area contributed by atoms with Crippen molar-refractivity contribution < 1.29 is 13.9 Å². The van der Waals surface area contributed by atoms with Crippen molar-refractivity contribution in [2.45, 2.75) is 25.7 Å². The van der Waals surface area contributed by atoms with E-state index in [1.54, 1.807) is 0 Å². The summed E-state index contributed by atoms with van der Waals surface area (Å²) in [6.07, 6.45) is 2.33. The molecule has 0 saturated carbocycles. The van der Waals surface area contributed by atoms with E-state index in [4.69, 9.17) is 13.9 Å². The Morgan fingerprint density at radius 2 is 2.05 bits per heavy atom. The maximum Gasteiger partial charge on any atom is 0.209 e. The molecule has 1 aromatic heterocycles. The summed E-state index contributed by atoms with van der Waals surface area (Å²) in [6, 6.07) is 7.91. The fraction of sp³-hybridized carbons (Fsp3) is 0.562. The summed E-state index contributed by atoms with van der Waals surface area (Å²) in [4.78, 5) is 6.95. The lowest BCUT2D eigenvalue weighted by Crippen LogP contribution is -2.40. The molecule has 1 unspecified atom stereocenters. The Labute approximate surface area is 123 Å². The molecule has 0 N–H and O–H groups in total. The molecule has 4 rings (SSSR count). The number of para-hydroxylation sites is 2. The van der Waals surface area contributed by atoms with E-state index in [0.717, 1.165) is 49.8 Å². The van der Waals surface area contributed by atoms with Gasteiger partial charge in [0.1, 0.15) is 5.52 Å². The third-order valence-electron chi connectivity index (χ3n) is 4.27. The van der Waals surface area contributed by atoms with Crippen LogP contribution in [0.5, 0.6) is 0 Å². The smallest absolute Gasteiger partial charge is 0.209 e. The molecule has 5 nitrogen and oxygen atoms in total. The second-order valence-electron chi connectivity index (χ2n) is 5.82. The highest BCUT2D eigenvalue weighted by Crippen LogP contribution is 2.26. The molecule has 0 radical (unpaired) electrons. The van der Waals surface area contributed by atoms with Gasteiger partial charge < -0.3 is 13.9 Å². The normalized spacial score (nSPS) is 24.9. The molecule has 2 saturated heterocycles. The monoisotopic (exact) mass is 288 g/mol. The van der Waals surface area contributed by atoms with Gasteiger partial charge in [0.05, 0.1) is 19.8 Å². The molecule has 2 aliphatic rings. The Hall–Kier alpha value is -1.43. The fourth-order valence-electron chi connectivity index (χ4n) is 3.28. The number of rotatable bonds is 3. The third-order valence-corrected chi connectivity index (χ3v) is 4.27. The van der Waals surface area contributed by atoms with E-state index in [1.165, 1.54) is 12.8 Å². The van der Waals surface area contributed by atoms with Gasteiger partial charge in [-0.15, -0.1) is 0 Å². The van der Waals surface area contributed by atoms with Crippen molar-refractivity contribution in [3.8, 4) is 0 Å². The lowest BCUT2D eigenvalue weighted by atomic mass is 9.97. The van der Waals surface area contributed by atoms with Crippen molar-refractivity contribution >= 4 is 11.1 Å². The molecule has 0 bridgehead atoms. The van der Waals surface area contributed by atoms with Crippen LogP contribution in [0.15, 0.2) is 28.7 Å². The van der Waals surface area contributed by atoms with Crippen LogP contribution in [0.1, 0.15) is 18.7 Å². The maximum atomic E-state index is 5.82. The first kappa shape index (κ1) is 13.2. The molecule has 3 heterocycles. The largest absolute Gasteiger partial charge is 0.439 e. The van der Waals surface area contributed by atoms with Gasteiger partial charge in [-0.2, -0.15) is 0 Å². The number of benzene rings is 1. The molecular formula is C16H20N2O3. The molecule has 2 aliphatic heterocycles. The molecule has 2 fully saturated rings. The van der Waals surface area contributed by atoms with Gasteiger partial charge in [0.25, 0.3) is 0 Å². The van der Waals surface area contributed by atoms with Crippen LogP contribution in [0, 0.1) is 5.92 Å². The zero-order valence-electron chi connectivity index (χ0n) is 12.0. The van der Waals surface area contributed by atoms with E-state index < -0.39 is 0 Å². The predicted octanol–water partition coefficient (Wildman–Crippen LogP) is 2.41. The number of hydrogen-bond donors (Lipinski definition) is 0. The molecule has 0 spiro atoms. The van der Waals surface area contributed by atoms with Gasteiger partial charge >= 0.3 is 0 Å². The SMILES string of the molecule is c1ccc2oc(CN3CCCC(C4OCCO4)C3)nc2c1. The van der Waals surface area contributed by atoms with Crippen LogP contribution in [0.4, 0.5) is 0 Å². The van der Waals surface area contributed by atoms with Crippen molar-refractivity contribution in [3.63, 3.8) is 0 Å². The van der Waals surface area contributed by atoms with E-state index in [9.17, 15) is 0 Å². The Morgan fingerprint density at radius 3 is 2.90 bits per heavy atom. The quantitative estimate of drug-likeness (QED) is 0.868. The minimum absolute atomic E-state index is 0.0172. The lowest BCUT2D eigenvalue weighted by Gasteiger charge is -2.33. The maximum absolute atomic E-state index is 5.82. The number of oxazole rings is 1. The predicted molar refractivity (Wildman–Crippen MR) is 77.7 cm³/mol. The first-order valence-corrected chi connectivity index (χ1v) is 7.68. The lowest BCUT2D eigenvalue weighted by molar-refractivity contribution is -0.101. The molecule has 0 amide bonds. The standard InChI is InChI=1S/C16H20N2O3/c1-2-6-14-13(5-1)17-15(21-14)11-18-7-3-4-12(10-18)16-19-8-9-20-16/h1-2,5-6,12,16H,3-4,7-11H2. The van der Waals surface area contributed by atoms with E-state index in [1.807, 2.05) is 24.3 Å². The van der Waals surface area contributed by atoms with Gasteiger partial charge in [0.15, 0.2) is 11.9 Å². The van der Waals surface area contributed by atoms with E-state index in [-0.39, 0.29) is 6.29 Å². The van der Waals surface area contributed by atoms with E-state index in [2.05, 4.69) is 9.88 Å². The van der Waals surface area contributed by atoms with Crippen molar-refractivity contribution in [2.24, 2.45) is 5.92 Å². The van der Waals surface area contributed by atoms with Gasteiger partial charge in [-0.05, 0) is 31.5 Å². The molecule has 5 heteroatoms. The average molecular weight is 288 g/mol. The summed E-state index contributed by atoms with van der Waals surface area (Å²) in [5.74, 6) is 1.26. The van der Waals surface area contributed by atoms with Crippen LogP contribution in [0.3, 0.4) is 0 Å². The van der Waals surface area contributed by atoms with Crippen LogP contribution in [0.25, 0.3) is 11.1 Å². The number of nitrogens with zero attached hydrogens (tertiary/aromatic N) is 2. The summed E-state index contributed by atoms with van der Waals surface area (Å²) >= 11 is 0. The summed E-state index contributed by atoms with van der Waals surface area (Å²) in [5.41, 5.74) is 1.80. The van der Waals surface area contributed by atoms with Crippen LogP contribution in [-0.2, 0) is 16.0 Å². The highest BCUT2D eigenvalue weighted by Gasteiger charge is 2.31. The summed E-state index contributed by atoms with van der Waals surface area (Å²) in [5, 5.41) is 0. The first-order chi connectivity index (χ1) is 10.4. The molecule has 112 valence electrons. The topological polar surface area (TPSA) is 47.7 Å². The Morgan fingerprint density at radius 1 is 1.19 bits per heavy atom. The Balaban J connectivity index is 1.43. The van der Waals surface area contributed by atoms with Crippen molar-refractivity contribution in [2.75, 3.05) is 26.3 Å². The molecular weight excluding hydrogens is 268 g/mol. The molecule has 21 heavy (non-hydrogen) atoms. The Bertz CT molecular complexity index is 573.